The Morgan fingerprint density at radius 3 is 2.52 bits per heavy atom. The van der Waals surface area contributed by atoms with E-state index in [4.69, 9.17) is 15.2 Å². The smallest absolute Gasteiger partial charge is 0.254 e. The van der Waals surface area contributed by atoms with Crippen LogP contribution < -0.4 is 15.2 Å². The minimum Gasteiger partial charge on any atom is -0.493 e. The summed E-state index contributed by atoms with van der Waals surface area (Å²) in [5, 5.41) is 0. The van der Waals surface area contributed by atoms with Crippen LogP contribution in [0.2, 0.25) is 0 Å². The Bertz CT molecular complexity index is 798. The van der Waals surface area contributed by atoms with Crippen LogP contribution in [0.1, 0.15) is 42.1 Å². The lowest BCUT2D eigenvalue weighted by atomic mass is 9.95. The molecule has 2 N–H and O–H groups in total. The number of nitrogens with two attached hydrogens (primary N) is 1. The maximum atomic E-state index is 13.0. The maximum Gasteiger partial charge on any atom is 0.254 e. The second-order valence-corrected chi connectivity index (χ2v) is 7.79. The molecule has 1 aliphatic heterocycles. The van der Waals surface area contributed by atoms with Gasteiger partial charge in [-0.1, -0.05) is 44.2 Å². The van der Waals surface area contributed by atoms with E-state index in [1.165, 1.54) is 5.56 Å². The molecule has 0 unspecified atom stereocenters. The molecule has 6 heteroatoms. The highest BCUT2D eigenvalue weighted by atomic mass is 35.5. The van der Waals surface area contributed by atoms with Gasteiger partial charge in [0.25, 0.3) is 5.91 Å². The first-order valence-electron chi connectivity index (χ1n) is 9.90. The van der Waals surface area contributed by atoms with Crippen molar-refractivity contribution < 1.29 is 14.3 Å². The number of carbonyl (C=O) groups excluding carboxylic acids is 1. The topological polar surface area (TPSA) is 64.8 Å². The Balaban J connectivity index is 0.00000300. The molecule has 1 heterocycles. The molecule has 3 rings (SSSR count). The van der Waals surface area contributed by atoms with Gasteiger partial charge in [-0.15, -0.1) is 12.4 Å². The van der Waals surface area contributed by atoms with E-state index in [0.29, 0.717) is 42.7 Å². The molecule has 0 spiro atoms. The molecule has 1 aliphatic rings. The molecule has 29 heavy (non-hydrogen) atoms. The zero-order valence-corrected chi connectivity index (χ0v) is 18.2. The van der Waals surface area contributed by atoms with Gasteiger partial charge in [-0.05, 0) is 36.1 Å². The Hall–Kier alpha value is -2.24. The maximum absolute atomic E-state index is 13.0. The SMILES string of the molecule is COc1cc(C(=O)N2C[C@@H](N)[C@H](c3ccccc3)C2)ccc1OCCC(C)C.Cl. The zero-order chi connectivity index (χ0) is 20.1. The number of ether oxygens (including phenoxy) is 2. The van der Waals surface area contributed by atoms with Crippen molar-refractivity contribution in [1.29, 1.82) is 0 Å². The third-order valence-electron chi connectivity index (χ3n) is 5.24. The van der Waals surface area contributed by atoms with Crippen LogP contribution in [0.3, 0.4) is 0 Å². The van der Waals surface area contributed by atoms with Crippen molar-refractivity contribution in [3.63, 3.8) is 0 Å². The number of hydrogen-bond donors (Lipinski definition) is 1. The highest BCUT2D eigenvalue weighted by Crippen LogP contribution is 2.31. The van der Waals surface area contributed by atoms with Crippen molar-refractivity contribution >= 4 is 18.3 Å². The Morgan fingerprint density at radius 1 is 1.14 bits per heavy atom. The van der Waals surface area contributed by atoms with Crippen LogP contribution in [-0.4, -0.2) is 43.7 Å². The Morgan fingerprint density at radius 2 is 1.86 bits per heavy atom. The lowest BCUT2D eigenvalue weighted by Crippen LogP contribution is -2.32. The van der Waals surface area contributed by atoms with E-state index < -0.39 is 0 Å². The lowest BCUT2D eigenvalue weighted by Gasteiger charge is -2.18. The first-order valence-corrected chi connectivity index (χ1v) is 9.90. The summed E-state index contributed by atoms with van der Waals surface area (Å²) in [6.45, 7) is 6.12. The van der Waals surface area contributed by atoms with Crippen molar-refractivity contribution in [2.24, 2.45) is 11.7 Å². The molecule has 158 valence electrons. The molecule has 1 fully saturated rings. The normalized spacial score (nSPS) is 18.4. The van der Waals surface area contributed by atoms with Crippen LogP contribution in [0, 0.1) is 5.92 Å². The van der Waals surface area contributed by atoms with E-state index in [-0.39, 0.29) is 30.3 Å². The van der Waals surface area contributed by atoms with Gasteiger partial charge in [0.05, 0.1) is 13.7 Å². The number of benzene rings is 2. The number of nitrogens with zero attached hydrogens (tertiary/aromatic N) is 1. The molecule has 5 nitrogen and oxygen atoms in total. The molecule has 1 amide bonds. The first kappa shape index (κ1) is 23.0. The van der Waals surface area contributed by atoms with E-state index in [9.17, 15) is 4.79 Å². The van der Waals surface area contributed by atoms with Gasteiger partial charge in [-0.2, -0.15) is 0 Å². The van der Waals surface area contributed by atoms with Crippen molar-refractivity contribution in [3.8, 4) is 11.5 Å². The average Bonchev–Trinajstić information content (AvgIpc) is 3.09. The summed E-state index contributed by atoms with van der Waals surface area (Å²) in [5.74, 6) is 1.95. The number of halogens is 1. The number of hydrogen-bond acceptors (Lipinski definition) is 4. The van der Waals surface area contributed by atoms with E-state index in [2.05, 4.69) is 26.0 Å². The second kappa shape index (κ2) is 10.5. The molecule has 0 aromatic heterocycles. The number of amides is 1. The van der Waals surface area contributed by atoms with Crippen LogP contribution in [0.25, 0.3) is 0 Å². The quantitative estimate of drug-likeness (QED) is 0.734. The molecule has 2 aromatic carbocycles. The minimum atomic E-state index is -0.0631. The van der Waals surface area contributed by atoms with Crippen LogP contribution in [0.15, 0.2) is 48.5 Å². The van der Waals surface area contributed by atoms with Crippen LogP contribution in [-0.2, 0) is 0 Å². The van der Waals surface area contributed by atoms with E-state index in [0.717, 1.165) is 6.42 Å². The minimum absolute atomic E-state index is 0. The number of likely N-dealkylation sites (tertiary alicyclic amines) is 1. The fourth-order valence-corrected chi connectivity index (χ4v) is 3.55. The van der Waals surface area contributed by atoms with Gasteiger partial charge in [0.1, 0.15) is 0 Å². The average molecular weight is 419 g/mol. The summed E-state index contributed by atoms with van der Waals surface area (Å²) in [5.41, 5.74) is 8.11. The fraction of sp³-hybridized carbons (Fsp3) is 0.435. The van der Waals surface area contributed by atoms with Crippen molar-refractivity contribution in [2.75, 3.05) is 26.8 Å². The van der Waals surface area contributed by atoms with Crippen molar-refractivity contribution in [1.82, 2.24) is 4.90 Å². The molecular formula is C23H31ClN2O3. The lowest BCUT2D eigenvalue weighted by molar-refractivity contribution is 0.0788. The van der Waals surface area contributed by atoms with Crippen LogP contribution in [0.4, 0.5) is 0 Å². The zero-order valence-electron chi connectivity index (χ0n) is 17.3. The summed E-state index contributed by atoms with van der Waals surface area (Å²) in [6, 6.07) is 15.5. The van der Waals surface area contributed by atoms with Crippen molar-refractivity contribution in [2.45, 2.75) is 32.2 Å². The summed E-state index contributed by atoms with van der Waals surface area (Å²) in [4.78, 5) is 14.9. The summed E-state index contributed by atoms with van der Waals surface area (Å²) in [7, 11) is 1.59. The van der Waals surface area contributed by atoms with Crippen molar-refractivity contribution in [3.05, 3.63) is 59.7 Å². The molecule has 1 saturated heterocycles. The molecule has 0 saturated carbocycles. The Labute approximate surface area is 179 Å². The monoisotopic (exact) mass is 418 g/mol. The molecule has 2 aromatic rings. The second-order valence-electron chi connectivity index (χ2n) is 7.79. The highest BCUT2D eigenvalue weighted by molar-refractivity contribution is 5.95. The van der Waals surface area contributed by atoms with Gasteiger partial charge in [0.15, 0.2) is 11.5 Å². The largest absolute Gasteiger partial charge is 0.493 e. The summed E-state index contributed by atoms with van der Waals surface area (Å²) >= 11 is 0. The van der Waals surface area contributed by atoms with Gasteiger partial charge in [-0.25, -0.2) is 0 Å². The van der Waals surface area contributed by atoms with E-state index in [1.807, 2.05) is 29.2 Å². The number of carbonyl (C=O) groups is 1. The molecule has 2 atom stereocenters. The predicted molar refractivity (Wildman–Crippen MR) is 118 cm³/mol. The van der Waals surface area contributed by atoms with Gasteiger partial charge < -0.3 is 20.1 Å². The third kappa shape index (κ3) is 5.64. The molecular weight excluding hydrogens is 388 g/mol. The van der Waals surface area contributed by atoms with E-state index in [1.54, 1.807) is 19.2 Å². The van der Waals surface area contributed by atoms with Crippen LogP contribution >= 0.6 is 12.4 Å². The molecule has 0 bridgehead atoms. The summed E-state index contributed by atoms with van der Waals surface area (Å²) in [6.07, 6.45) is 0.969. The fourth-order valence-electron chi connectivity index (χ4n) is 3.55. The molecule has 0 radical (unpaired) electrons. The third-order valence-corrected chi connectivity index (χ3v) is 5.24. The number of methoxy groups -OCH3 is 1. The first-order chi connectivity index (χ1) is 13.5. The van der Waals surface area contributed by atoms with Gasteiger partial charge in [-0.3, -0.25) is 4.79 Å². The van der Waals surface area contributed by atoms with Gasteiger partial charge >= 0.3 is 0 Å². The van der Waals surface area contributed by atoms with Gasteiger partial charge in [0, 0.05) is 30.6 Å². The Kier molecular flexibility index (Phi) is 8.35. The van der Waals surface area contributed by atoms with E-state index >= 15 is 0 Å². The standard InChI is InChI=1S/C23H30N2O3.ClH/c1-16(2)11-12-28-21-10-9-18(13-22(21)27-3)23(26)25-14-19(20(24)15-25)17-7-5-4-6-8-17;/h4-10,13,16,19-20H,11-12,14-15,24H2,1-3H3;1H/t19-,20+;/m0./s1. The van der Waals surface area contributed by atoms with Crippen LogP contribution in [0.5, 0.6) is 11.5 Å². The predicted octanol–water partition coefficient (Wildman–Crippen LogP) is 4.11. The van der Waals surface area contributed by atoms with Gasteiger partial charge in [0.2, 0.25) is 0 Å². The summed E-state index contributed by atoms with van der Waals surface area (Å²) < 4.78 is 11.3. The highest BCUT2D eigenvalue weighted by Gasteiger charge is 2.34. The molecule has 0 aliphatic carbocycles. The number of rotatable bonds is 7.